The van der Waals surface area contributed by atoms with Crippen LogP contribution in [0.2, 0.25) is 0 Å². The Hall–Kier alpha value is -0.660. The van der Waals surface area contributed by atoms with Gasteiger partial charge < -0.3 is 0 Å². The fourth-order valence-corrected chi connectivity index (χ4v) is 1.94. The van der Waals surface area contributed by atoms with Crippen LogP contribution in [-0.4, -0.2) is 11.6 Å². The number of carbonyl (C=O) groups is 2. The van der Waals surface area contributed by atoms with Gasteiger partial charge in [-0.05, 0) is 12.8 Å². The Balaban J connectivity index is 2.68. The number of ketones is 2. The summed E-state index contributed by atoms with van der Waals surface area (Å²) in [4.78, 5) is 23.3. The number of carbonyl (C=O) groups excluding carboxylic acids is 2. The number of Topliss-reactive ketones (excluding diaryl/α,β-unsaturated/α-hetero) is 2. The lowest BCUT2D eigenvalue weighted by Gasteiger charge is -2.25. The highest BCUT2D eigenvalue weighted by Gasteiger charge is 2.33. The number of hydrogen-bond acceptors (Lipinski definition) is 2. The molecule has 2 nitrogen and oxygen atoms in total. The summed E-state index contributed by atoms with van der Waals surface area (Å²) < 4.78 is 0. The van der Waals surface area contributed by atoms with Gasteiger partial charge in [-0.15, -0.1) is 0 Å². The first kappa shape index (κ1) is 10.4. The lowest BCUT2D eigenvalue weighted by molar-refractivity contribution is -0.138. The van der Waals surface area contributed by atoms with Crippen molar-refractivity contribution in [3.05, 3.63) is 0 Å². The standard InChI is InChI=1S/C11H18O2/c1-7(2)10(12)9-6-4-5-8(3)11(9)13/h7-9H,4-6H2,1-3H3/t8-,9-/m0/s1. The Bertz CT molecular complexity index is 210. The highest BCUT2D eigenvalue weighted by atomic mass is 16.2. The molecule has 0 spiro atoms. The van der Waals surface area contributed by atoms with Gasteiger partial charge in [-0.3, -0.25) is 9.59 Å². The molecule has 0 aromatic heterocycles. The van der Waals surface area contributed by atoms with Gasteiger partial charge in [0.1, 0.15) is 11.6 Å². The van der Waals surface area contributed by atoms with Crippen molar-refractivity contribution >= 4 is 11.6 Å². The van der Waals surface area contributed by atoms with Crippen LogP contribution in [0.3, 0.4) is 0 Å². The minimum atomic E-state index is -0.288. The zero-order valence-corrected chi connectivity index (χ0v) is 8.67. The van der Waals surface area contributed by atoms with E-state index in [2.05, 4.69) is 0 Å². The van der Waals surface area contributed by atoms with Crippen molar-refractivity contribution in [2.45, 2.75) is 40.0 Å². The van der Waals surface area contributed by atoms with E-state index in [1.165, 1.54) is 0 Å². The molecule has 0 aromatic rings. The van der Waals surface area contributed by atoms with Gasteiger partial charge in [0.15, 0.2) is 0 Å². The summed E-state index contributed by atoms with van der Waals surface area (Å²) in [5.41, 5.74) is 0. The quantitative estimate of drug-likeness (QED) is 0.614. The summed E-state index contributed by atoms with van der Waals surface area (Å²) in [6, 6.07) is 0. The summed E-state index contributed by atoms with van der Waals surface area (Å²) in [5, 5.41) is 0. The van der Waals surface area contributed by atoms with Crippen molar-refractivity contribution in [1.82, 2.24) is 0 Å². The van der Waals surface area contributed by atoms with E-state index in [-0.39, 0.29) is 29.3 Å². The molecule has 1 rings (SSSR count). The van der Waals surface area contributed by atoms with E-state index in [9.17, 15) is 9.59 Å². The minimum absolute atomic E-state index is 0.000694. The van der Waals surface area contributed by atoms with E-state index in [4.69, 9.17) is 0 Å². The normalized spacial score (nSPS) is 29.4. The third-order valence-corrected chi connectivity index (χ3v) is 2.87. The van der Waals surface area contributed by atoms with Gasteiger partial charge in [0.25, 0.3) is 0 Å². The van der Waals surface area contributed by atoms with E-state index in [1.807, 2.05) is 20.8 Å². The number of rotatable bonds is 2. The third-order valence-electron chi connectivity index (χ3n) is 2.87. The predicted molar refractivity (Wildman–Crippen MR) is 51.4 cm³/mol. The van der Waals surface area contributed by atoms with E-state index in [1.54, 1.807) is 0 Å². The largest absolute Gasteiger partial charge is 0.299 e. The summed E-state index contributed by atoms with van der Waals surface area (Å²) in [6.07, 6.45) is 2.76. The maximum absolute atomic E-state index is 11.7. The topological polar surface area (TPSA) is 34.1 Å². The Morgan fingerprint density at radius 3 is 2.54 bits per heavy atom. The molecule has 0 aliphatic heterocycles. The number of hydrogen-bond donors (Lipinski definition) is 0. The van der Waals surface area contributed by atoms with Crippen LogP contribution in [0.5, 0.6) is 0 Å². The maximum Gasteiger partial charge on any atom is 0.146 e. The van der Waals surface area contributed by atoms with Crippen LogP contribution in [0.15, 0.2) is 0 Å². The lowest BCUT2D eigenvalue weighted by atomic mass is 9.77. The van der Waals surface area contributed by atoms with Crippen molar-refractivity contribution in [2.24, 2.45) is 17.8 Å². The van der Waals surface area contributed by atoms with Gasteiger partial charge in [-0.1, -0.05) is 27.2 Å². The molecule has 0 amide bonds. The van der Waals surface area contributed by atoms with Gasteiger partial charge in [-0.2, -0.15) is 0 Å². The molecule has 0 heterocycles. The molecule has 2 heteroatoms. The Morgan fingerprint density at radius 2 is 2.00 bits per heavy atom. The molecule has 0 saturated heterocycles. The Labute approximate surface area is 79.7 Å². The zero-order valence-electron chi connectivity index (χ0n) is 8.67. The lowest BCUT2D eigenvalue weighted by Crippen LogP contribution is -2.34. The molecule has 0 aromatic carbocycles. The Kier molecular flexibility index (Phi) is 3.23. The molecule has 0 unspecified atom stereocenters. The van der Waals surface area contributed by atoms with Crippen LogP contribution >= 0.6 is 0 Å². The molecule has 1 aliphatic rings. The van der Waals surface area contributed by atoms with Gasteiger partial charge in [0.05, 0.1) is 5.92 Å². The van der Waals surface area contributed by atoms with Crippen LogP contribution in [0.25, 0.3) is 0 Å². The average molecular weight is 182 g/mol. The molecule has 0 bridgehead atoms. The molecule has 74 valence electrons. The summed E-state index contributed by atoms with van der Waals surface area (Å²) in [6.45, 7) is 5.67. The summed E-state index contributed by atoms with van der Waals surface area (Å²) >= 11 is 0. The maximum atomic E-state index is 11.7. The molecule has 1 fully saturated rings. The van der Waals surface area contributed by atoms with Crippen LogP contribution < -0.4 is 0 Å². The zero-order chi connectivity index (χ0) is 10.0. The first-order valence-corrected chi connectivity index (χ1v) is 5.11. The molecular weight excluding hydrogens is 164 g/mol. The first-order valence-electron chi connectivity index (χ1n) is 5.11. The van der Waals surface area contributed by atoms with Crippen molar-refractivity contribution in [2.75, 3.05) is 0 Å². The van der Waals surface area contributed by atoms with E-state index < -0.39 is 0 Å². The second-order valence-corrected chi connectivity index (χ2v) is 4.34. The molecule has 0 radical (unpaired) electrons. The molecular formula is C11H18O2. The van der Waals surface area contributed by atoms with Crippen LogP contribution in [-0.2, 0) is 9.59 Å². The minimum Gasteiger partial charge on any atom is -0.299 e. The fraction of sp³-hybridized carbons (Fsp3) is 0.818. The van der Waals surface area contributed by atoms with Crippen molar-refractivity contribution < 1.29 is 9.59 Å². The first-order chi connectivity index (χ1) is 6.04. The van der Waals surface area contributed by atoms with E-state index >= 15 is 0 Å². The van der Waals surface area contributed by atoms with E-state index in [0.29, 0.717) is 0 Å². The summed E-state index contributed by atoms with van der Waals surface area (Å²) in [7, 11) is 0. The Morgan fingerprint density at radius 1 is 1.38 bits per heavy atom. The summed E-state index contributed by atoms with van der Waals surface area (Å²) in [5.74, 6) is 0.117. The van der Waals surface area contributed by atoms with Crippen LogP contribution in [0, 0.1) is 17.8 Å². The highest BCUT2D eigenvalue weighted by Crippen LogP contribution is 2.27. The van der Waals surface area contributed by atoms with Gasteiger partial charge >= 0.3 is 0 Å². The van der Waals surface area contributed by atoms with Gasteiger partial charge in [0, 0.05) is 11.8 Å². The predicted octanol–water partition coefficient (Wildman–Crippen LogP) is 2.22. The smallest absolute Gasteiger partial charge is 0.146 e. The third kappa shape index (κ3) is 2.17. The SMILES string of the molecule is CC(C)C(=O)[C@@H]1CCC[C@H](C)C1=O. The van der Waals surface area contributed by atoms with Gasteiger partial charge in [0.2, 0.25) is 0 Å². The highest BCUT2D eigenvalue weighted by molar-refractivity contribution is 6.04. The molecule has 1 saturated carbocycles. The second-order valence-electron chi connectivity index (χ2n) is 4.34. The van der Waals surface area contributed by atoms with Crippen LogP contribution in [0.4, 0.5) is 0 Å². The van der Waals surface area contributed by atoms with Crippen molar-refractivity contribution in [1.29, 1.82) is 0 Å². The van der Waals surface area contributed by atoms with Crippen LogP contribution in [0.1, 0.15) is 40.0 Å². The molecule has 1 aliphatic carbocycles. The molecule has 2 atom stereocenters. The monoisotopic (exact) mass is 182 g/mol. The molecule has 13 heavy (non-hydrogen) atoms. The van der Waals surface area contributed by atoms with Crippen molar-refractivity contribution in [3.8, 4) is 0 Å². The molecule has 0 N–H and O–H groups in total. The fourth-order valence-electron chi connectivity index (χ4n) is 1.94. The second kappa shape index (κ2) is 4.03. The van der Waals surface area contributed by atoms with E-state index in [0.717, 1.165) is 19.3 Å². The van der Waals surface area contributed by atoms with Gasteiger partial charge in [-0.25, -0.2) is 0 Å². The average Bonchev–Trinajstić information content (AvgIpc) is 2.08. The van der Waals surface area contributed by atoms with Crippen molar-refractivity contribution in [3.63, 3.8) is 0 Å².